The number of methoxy groups -OCH3 is 1. The third-order valence-corrected chi connectivity index (χ3v) is 9.89. The summed E-state index contributed by atoms with van der Waals surface area (Å²) in [4.78, 5) is 29.7. The molecule has 0 aromatic heterocycles. The Hall–Kier alpha value is -2.23. The molecule has 0 saturated carbocycles. The Morgan fingerprint density at radius 1 is 1.10 bits per heavy atom. The fourth-order valence-corrected chi connectivity index (χ4v) is 8.19. The minimum atomic E-state index is -1.31. The van der Waals surface area contributed by atoms with Crippen molar-refractivity contribution in [3.8, 4) is 11.5 Å². The smallest absolute Gasteiger partial charge is 0.339 e. The van der Waals surface area contributed by atoms with E-state index >= 15 is 0 Å². The summed E-state index contributed by atoms with van der Waals surface area (Å²) in [5.41, 5.74) is 0.141. The van der Waals surface area contributed by atoms with Crippen molar-refractivity contribution in [2.75, 3.05) is 32.7 Å². The maximum Gasteiger partial charge on any atom is 0.339 e. The van der Waals surface area contributed by atoms with Crippen LogP contribution in [0.5, 0.6) is 11.5 Å². The van der Waals surface area contributed by atoms with Crippen molar-refractivity contribution in [2.24, 2.45) is 0 Å². The Bertz CT molecular complexity index is 1200. The number of ether oxygens (including phenoxy) is 5. The fourth-order valence-electron chi connectivity index (χ4n) is 7.53. The number of hydrogen-bond acceptors (Lipinski definition) is 9. The van der Waals surface area contributed by atoms with Crippen LogP contribution in [0, 0.1) is 0 Å². The van der Waals surface area contributed by atoms with E-state index in [9.17, 15) is 9.59 Å². The molecule has 4 aliphatic heterocycles. The Labute approximate surface area is 234 Å². The van der Waals surface area contributed by atoms with Crippen molar-refractivity contribution in [1.82, 2.24) is 4.90 Å². The molecule has 1 aromatic carbocycles. The second-order valence-corrected chi connectivity index (χ2v) is 13.3. The Morgan fingerprint density at radius 3 is 2.64 bits per heavy atom. The maximum atomic E-state index is 14.3. The van der Waals surface area contributed by atoms with Crippen LogP contribution in [0.15, 0.2) is 24.0 Å². The summed E-state index contributed by atoms with van der Waals surface area (Å²) < 4.78 is 30.4. The van der Waals surface area contributed by atoms with Crippen molar-refractivity contribution >= 4 is 22.8 Å². The number of fused-ring (bicyclic) bond motifs is 3. The number of benzene rings is 1. The van der Waals surface area contributed by atoms with Crippen LogP contribution in [0.2, 0.25) is 0 Å². The second kappa shape index (κ2) is 10.00. The van der Waals surface area contributed by atoms with Gasteiger partial charge in [0.15, 0.2) is 28.3 Å². The highest BCUT2D eigenvalue weighted by Gasteiger charge is 2.59. The summed E-state index contributed by atoms with van der Waals surface area (Å²) in [5, 5.41) is -0.0490. The normalized spacial score (nSPS) is 32.5. The van der Waals surface area contributed by atoms with E-state index in [2.05, 4.69) is 23.1 Å². The SMILES string of the molecule is CCSC(=O)CC1(C(=O)OC2C(OC)=CC34CCCN3CCc3cc5c(cc3C24)OCO5)CCCC(C)(C)O1. The fraction of sp³-hybridized carbons (Fsp3) is 0.667. The third-order valence-electron chi connectivity index (χ3n) is 9.14. The zero-order chi connectivity index (χ0) is 27.4. The summed E-state index contributed by atoms with van der Waals surface area (Å²) in [7, 11) is 1.64. The molecule has 4 heterocycles. The molecule has 8 nitrogen and oxygen atoms in total. The van der Waals surface area contributed by atoms with E-state index in [0.29, 0.717) is 17.9 Å². The topological polar surface area (TPSA) is 83.5 Å². The predicted octanol–water partition coefficient (Wildman–Crippen LogP) is 4.73. The lowest BCUT2D eigenvalue weighted by Crippen LogP contribution is -2.54. The average Bonchev–Trinajstić information content (AvgIpc) is 3.57. The van der Waals surface area contributed by atoms with Crippen molar-refractivity contribution < 1.29 is 33.3 Å². The molecular weight excluding hydrogens is 518 g/mol. The van der Waals surface area contributed by atoms with Crippen LogP contribution in [-0.2, 0) is 30.2 Å². The van der Waals surface area contributed by atoms with Gasteiger partial charge in [0.05, 0.1) is 30.6 Å². The zero-order valence-corrected chi connectivity index (χ0v) is 24.2. The number of hydrogen-bond donors (Lipinski definition) is 0. The molecule has 2 saturated heterocycles. The first-order valence-electron chi connectivity index (χ1n) is 14.2. The van der Waals surface area contributed by atoms with Crippen molar-refractivity contribution in [2.45, 2.75) is 94.5 Å². The molecule has 5 aliphatic rings. The van der Waals surface area contributed by atoms with E-state index in [1.807, 2.05) is 20.8 Å². The van der Waals surface area contributed by atoms with Gasteiger partial charge in [-0.15, -0.1) is 0 Å². The molecule has 1 aromatic rings. The average molecular weight is 558 g/mol. The summed E-state index contributed by atoms with van der Waals surface area (Å²) in [6.45, 7) is 8.00. The minimum Gasteiger partial charge on any atom is -0.497 e. The van der Waals surface area contributed by atoms with Gasteiger partial charge in [-0.1, -0.05) is 18.7 Å². The van der Waals surface area contributed by atoms with Crippen LogP contribution in [0.1, 0.15) is 76.3 Å². The van der Waals surface area contributed by atoms with E-state index in [4.69, 9.17) is 23.7 Å². The highest BCUT2D eigenvalue weighted by Crippen LogP contribution is 2.56. The largest absolute Gasteiger partial charge is 0.497 e. The Kier molecular flexibility index (Phi) is 6.91. The van der Waals surface area contributed by atoms with Crippen LogP contribution in [0.25, 0.3) is 0 Å². The highest BCUT2D eigenvalue weighted by atomic mass is 32.2. The van der Waals surface area contributed by atoms with Crippen molar-refractivity contribution in [3.63, 3.8) is 0 Å². The molecule has 0 bridgehead atoms. The van der Waals surface area contributed by atoms with Gasteiger partial charge in [0, 0.05) is 6.54 Å². The van der Waals surface area contributed by atoms with Crippen LogP contribution in [-0.4, -0.2) is 71.6 Å². The lowest BCUT2D eigenvalue weighted by molar-refractivity contribution is -0.213. The molecule has 0 radical (unpaired) electrons. The van der Waals surface area contributed by atoms with Crippen LogP contribution in [0.4, 0.5) is 0 Å². The molecule has 9 heteroatoms. The van der Waals surface area contributed by atoms with Crippen LogP contribution >= 0.6 is 11.8 Å². The number of nitrogens with zero attached hydrogens (tertiary/aromatic N) is 1. The van der Waals surface area contributed by atoms with E-state index in [1.54, 1.807) is 7.11 Å². The molecular formula is C30H39NO7S. The Balaban J connectivity index is 1.40. The molecule has 0 amide bonds. The van der Waals surface area contributed by atoms with E-state index in [0.717, 1.165) is 62.3 Å². The van der Waals surface area contributed by atoms with E-state index in [-0.39, 0.29) is 29.8 Å². The van der Waals surface area contributed by atoms with Crippen LogP contribution < -0.4 is 9.47 Å². The lowest BCUT2D eigenvalue weighted by Gasteiger charge is -2.44. The molecule has 2 fully saturated rings. The van der Waals surface area contributed by atoms with Crippen molar-refractivity contribution in [3.05, 3.63) is 35.1 Å². The van der Waals surface area contributed by atoms with Gasteiger partial charge >= 0.3 is 5.97 Å². The van der Waals surface area contributed by atoms with Gasteiger partial charge in [-0.25, -0.2) is 4.79 Å². The first-order valence-corrected chi connectivity index (χ1v) is 15.2. The number of esters is 1. The lowest BCUT2D eigenvalue weighted by atomic mass is 9.77. The summed E-state index contributed by atoms with van der Waals surface area (Å²) in [6.07, 6.45) is 6.53. The maximum absolute atomic E-state index is 14.3. The molecule has 0 N–H and O–H groups in total. The van der Waals surface area contributed by atoms with Gasteiger partial charge in [0.2, 0.25) is 6.79 Å². The number of rotatable bonds is 6. The van der Waals surface area contributed by atoms with Gasteiger partial charge in [-0.05, 0) is 94.0 Å². The first-order chi connectivity index (χ1) is 18.7. The van der Waals surface area contributed by atoms with Gasteiger partial charge in [0.1, 0.15) is 5.76 Å². The molecule has 4 atom stereocenters. The summed E-state index contributed by atoms with van der Waals surface area (Å²) in [5.74, 6) is 2.16. The first kappa shape index (κ1) is 27.0. The predicted molar refractivity (Wildman–Crippen MR) is 147 cm³/mol. The molecule has 1 spiro atoms. The number of carbonyl (C=O) groups excluding carboxylic acids is 2. The molecule has 39 heavy (non-hydrogen) atoms. The third kappa shape index (κ3) is 4.54. The molecule has 4 unspecified atom stereocenters. The Morgan fingerprint density at radius 2 is 1.90 bits per heavy atom. The number of thioether (sulfide) groups is 1. The summed E-state index contributed by atoms with van der Waals surface area (Å²) >= 11 is 1.23. The van der Waals surface area contributed by atoms with E-state index < -0.39 is 23.3 Å². The van der Waals surface area contributed by atoms with Crippen molar-refractivity contribution in [1.29, 1.82) is 0 Å². The monoisotopic (exact) mass is 557 g/mol. The zero-order valence-electron chi connectivity index (χ0n) is 23.4. The van der Waals surface area contributed by atoms with E-state index in [1.165, 1.54) is 17.3 Å². The summed E-state index contributed by atoms with van der Waals surface area (Å²) in [6, 6.07) is 4.17. The van der Waals surface area contributed by atoms with Gasteiger partial charge in [0.25, 0.3) is 0 Å². The molecule has 6 rings (SSSR count). The standard InChI is InChI=1S/C30H39NO7S/c1-5-39-24(32)17-30(11-6-9-28(2,3)38-30)27(33)37-26-23(34-4)16-29-10-7-12-31(29)13-8-19-14-21-22(36-18-35-21)15-20(19)25(26)29/h14-16,25-26H,5-13,17-18H2,1-4H3. The highest BCUT2D eigenvalue weighted by molar-refractivity contribution is 8.13. The van der Waals surface area contributed by atoms with Crippen LogP contribution in [0.3, 0.4) is 0 Å². The number of carbonyl (C=O) groups is 2. The van der Waals surface area contributed by atoms with Gasteiger partial charge in [-0.3, -0.25) is 9.69 Å². The molecule has 1 aliphatic carbocycles. The van der Waals surface area contributed by atoms with Gasteiger partial charge in [-0.2, -0.15) is 0 Å². The minimum absolute atomic E-state index is 0.00370. The molecule has 212 valence electrons. The quantitative estimate of drug-likeness (QED) is 0.461. The van der Waals surface area contributed by atoms with Gasteiger partial charge < -0.3 is 23.7 Å². The second-order valence-electron chi connectivity index (χ2n) is 12.0.